The van der Waals surface area contributed by atoms with E-state index in [1.54, 1.807) is 25.7 Å². The van der Waals surface area contributed by atoms with Gasteiger partial charge in [0.05, 0.1) is 36.3 Å². The fourth-order valence-electron chi connectivity index (χ4n) is 2.54. The number of aromatic nitrogens is 2. The molecule has 0 amide bonds. The van der Waals surface area contributed by atoms with Gasteiger partial charge in [0.15, 0.2) is 11.3 Å². The van der Waals surface area contributed by atoms with Crippen molar-refractivity contribution < 1.29 is 13.6 Å². The van der Waals surface area contributed by atoms with Crippen molar-refractivity contribution in [2.75, 3.05) is 12.8 Å². The van der Waals surface area contributed by atoms with Gasteiger partial charge in [0.1, 0.15) is 11.4 Å². The van der Waals surface area contributed by atoms with Gasteiger partial charge in [-0.25, -0.2) is 0 Å². The summed E-state index contributed by atoms with van der Waals surface area (Å²) in [7, 11) is 1.61. The smallest absolute Gasteiger partial charge is 0.177 e. The maximum Gasteiger partial charge on any atom is 0.177 e. The summed E-state index contributed by atoms with van der Waals surface area (Å²) in [5, 5.41) is 8.60. The predicted molar refractivity (Wildman–Crippen MR) is 74.5 cm³/mol. The molecule has 6 nitrogen and oxygen atoms in total. The molecule has 0 fully saturated rings. The zero-order chi connectivity index (χ0) is 13.7. The summed E-state index contributed by atoms with van der Waals surface area (Å²) in [6, 6.07) is 5.47. The maximum absolute atomic E-state index is 5.69. The number of ether oxygens (including phenoxy) is 1. The Balaban J connectivity index is 2.22. The van der Waals surface area contributed by atoms with Gasteiger partial charge in [0.25, 0.3) is 0 Å². The Morgan fingerprint density at radius 3 is 2.60 bits per heavy atom. The van der Waals surface area contributed by atoms with E-state index < -0.39 is 0 Å². The molecule has 100 valence electrons. The Kier molecular flexibility index (Phi) is 2.09. The second-order valence-corrected chi connectivity index (χ2v) is 4.44. The quantitative estimate of drug-likeness (QED) is 0.583. The van der Waals surface area contributed by atoms with Gasteiger partial charge in [-0.1, -0.05) is 0 Å². The van der Waals surface area contributed by atoms with E-state index >= 15 is 0 Å². The number of aromatic amines is 1. The van der Waals surface area contributed by atoms with Crippen LogP contribution >= 0.6 is 0 Å². The van der Waals surface area contributed by atoms with Crippen molar-refractivity contribution >= 4 is 27.8 Å². The van der Waals surface area contributed by atoms with Gasteiger partial charge in [0.2, 0.25) is 0 Å². The van der Waals surface area contributed by atoms with E-state index in [2.05, 4.69) is 10.2 Å². The SMILES string of the molecule is COc1c2ccoc2c(-c2cc(N)n[nH]2)c2ccoc12. The first-order valence-electron chi connectivity index (χ1n) is 6.05. The molecule has 0 aliphatic carbocycles. The lowest BCUT2D eigenvalue weighted by molar-refractivity contribution is 0.415. The number of hydrogen-bond donors (Lipinski definition) is 2. The maximum atomic E-state index is 5.69. The Bertz CT molecular complexity index is 865. The van der Waals surface area contributed by atoms with Crippen molar-refractivity contribution in [3.8, 4) is 17.0 Å². The zero-order valence-electron chi connectivity index (χ0n) is 10.6. The van der Waals surface area contributed by atoms with Gasteiger partial charge < -0.3 is 19.3 Å². The van der Waals surface area contributed by atoms with Crippen LogP contribution in [0.1, 0.15) is 0 Å². The molecule has 0 saturated carbocycles. The minimum Gasteiger partial charge on any atom is -0.492 e. The lowest BCUT2D eigenvalue weighted by atomic mass is 10.0. The van der Waals surface area contributed by atoms with E-state index in [1.165, 1.54) is 0 Å². The zero-order valence-corrected chi connectivity index (χ0v) is 10.6. The monoisotopic (exact) mass is 269 g/mol. The van der Waals surface area contributed by atoms with Gasteiger partial charge in [-0.05, 0) is 12.1 Å². The van der Waals surface area contributed by atoms with Crippen LogP contribution in [0.25, 0.3) is 33.2 Å². The van der Waals surface area contributed by atoms with Crippen LogP contribution in [-0.4, -0.2) is 17.3 Å². The van der Waals surface area contributed by atoms with Crippen molar-refractivity contribution in [1.82, 2.24) is 10.2 Å². The number of nitrogens with one attached hydrogen (secondary N) is 1. The van der Waals surface area contributed by atoms with Crippen LogP contribution in [0.4, 0.5) is 5.82 Å². The normalized spacial score (nSPS) is 11.4. The van der Waals surface area contributed by atoms with Gasteiger partial charge in [-0.15, -0.1) is 0 Å². The van der Waals surface area contributed by atoms with Crippen LogP contribution in [0.5, 0.6) is 5.75 Å². The molecule has 0 saturated heterocycles. The molecule has 0 aliphatic rings. The average Bonchev–Trinajstić information content (AvgIpc) is 3.15. The van der Waals surface area contributed by atoms with Crippen LogP contribution in [0, 0.1) is 0 Å². The number of benzene rings is 1. The first kappa shape index (κ1) is 11.0. The summed E-state index contributed by atoms with van der Waals surface area (Å²) < 4.78 is 16.6. The third-order valence-electron chi connectivity index (χ3n) is 3.35. The van der Waals surface area contributed by atoms with Crippen LogP contribution in [0.2, 0.25) is 0 Å². The third-order valence-corrected chi connectivity index (χ3v) is 3.35. The lowest BCUT2D eigenvalue weighted by Crippen LogP contribution is -1.88. The van der Waals surface area contributed by atoms with Gasteiger partial charge in [-0.3, -0.25) is 5.10 Å². The molecule has 0 atom stereocenters. The number of nitrogens with zero attached hydrogens (tertiary/aromatic N) is 1. The van der Waals surface area contributed by atoms with Crippen molar-refractivity contribution in [3.63, 3.8) is 0 Å². The Labute approximate surface area is 113 Å². The van der Waals surface area contributed by atoms with E-state index in [9.17, 15) is 0 Å². The highest BCUT2D eigenvalue weighted by molar-refractivity contribution is 6.12. The molecule has 0 bridgehead atoms. The molecule has 3 N–H and O–H groups in total. The van der Waals surface area contributed by atoms with Gasteiger partial charge in [-0.2, -0.15) is 5.10 Å². The molecule has 4 rings (SSSR count). The van der Waals surface area contributed by atoms with Crippen molar-refractivity contribution in [3.05, 3.63) is 30.7 Å². The molecule has 3 heterocycles. The highest BCUT2D eigenvalue weighted by atomic mass is 16.5. The van der Waals surface area contributed by atoms with Crippen molar-refractivity contribution in [1.29, 1.82) is 0 Å². The van der Waals surface area contributed by atoms with Crippen LogP contribution < -0.4 is 10.5 Å². The van der Waals surface area contributed by atoms with Crippen LogP contribution in [0.3, 0.4) is 0 Å². The Morgan fingerprint density at radius 1 is 1.15 bits per heavy atom. The molecule has 0 radical (unpaired) electrons. The predicted octanol–water partition coefficient (Wildman–Crippen LogP) is 3.16. The molecule has 0 aliphatic heterocycles. The minimum absolute atomic E-state index is 0.423. The fourth-order valence-corrected chi connectivity index (χ4v) is 2.54. The van der Waals surface area contributed by atoms with Crippen LogP contribution in [0.15, 0.2) is 39.6 Å². The molecule has 6 heteroatoms. The number of rotatable bonds is 2. The van der Waals surface area contributed by atoms with E-state index in [0.29, 0.717) is 22.7 Å². The second kappa shape index (κ2) is 3.80. The highest BCUT2D eigenvalue weighted by Gasteiger charge is 2.21. The fraction of sp³-hybridized carbons (Fsp3) is 0.0714. The Morgan fingerprint density at radius 2 is 1.90 bits per heavy atom. The average molecular weight is 269 g/mol. The highest BCUT2D eigenvalue weighted by Crippen LogP contribution is 2.43. The number of nitrogen functional groups attached to an aromatic ring is 1. The number of furan rings is 2. The summed E-state index contributed by atoms with van der Waals surface area (Å²) in [5.74, 6) is 1.08. The molecule has 4 aromatic rings. The summed E-state index contributed by atoms with van der Waals surface area (Å²) in [6.45, 7) is 0. The number of hydrogen-bond acceptors (Lipinski definition) is 5. The molecule has 0 unspecified atom stereocenters. The Hall–Kier alpha value is -2.89. The summed E-state index contributed by atoms with van der Waals surface area (Å²) >= 11 is 0. The van der Waals surface area contributed by atoms with E-state index in [4.69, 9.17) is 19.3 Å². The number of nitrogens with two attached hydrogens (primary N) is 1. The summed E-state index contributed by atoms with van der Waals surface area (Å²) in [5.41, 5.74) is 8.70. The number of H-pyrrole nitrogens is 1. The van der Waals surface area contributed by atoms with E-state index in [-0.39, 0.29) is 0 Å². The number of methoxy groups -OCH3 is 1. The molecule has 0 spiro atoms. The van der Waals surface area contributed by atoms with Gasteiger partial charge >= 0.3 is 0 Å². The molecular formula is C14H11N3O3. The first-order valence-corrected chi connectivity index (χ1v) is 6.05. The lowest BCUT2D eigenvalue weighted by Gasteiger charge is -2.07. The molecular weight excluding hydrogens is 258 g/mol. The summed E-state index contributed by atoms with van der Waals surface area (Å²) in [4.78, 5) is 0. The first-order chi connectivity index (χ1) is 9.79. The standard InChI is InChI=1S/C14H11N3O3/c1-18-13-8-3-5-19-12(8)11(7-2-4-20-14(7)13)9-6-10(15)17-16-9/h2-6H,1H3,(H3,15,16,17). The van der Waals surface area contributed by atoms with E-state index in [0.717, 1.165) is 22.0 Å². The van der Waals surface area contributed by atoms with Crippen molar-refractivity contribution in [2.24, 2.45) is 0 Å². The van der Waals surface area contributed by atoms with Crippen LogP contribution in [-0.2, 0) is 0 Å². The largest absolute Gasteiger partial charge is 0.492 e. The second-order valence-electron chi connectivity index (χ2n) is 4.44. The van der Waals surface area contributed by atoms with Gasteiger partial charge in [0, 0.05) is 11.5 Å². The minimum atomic E-state index is 0.423. The number of fused-ring (bicyclic) bond motifs is 2. The molecule has 3 aromatic heterocycles. The van der Waals surface area contributed by atoms with Crippen molar-refractivity contribution in [2.45, 2.75) is 0 Å². The summed E-state index contributed by atoms with van der Waals surface area (Å²) in [6.07, 6.45) is 3.24. The molecule has 1 aromatic carbocycles. The van der Waals surface area contributed by atoms with E-state index in [1.807, 2.05) is 12.1 Å². The third kappa shape index (κ3) is 1.30. The topological polar surface area (TPSA) is 90.2 Å². The number of anilines is 1. The molecule has 20 heavy (non-hydrogen) atoms.